The largest absolute Gasteiger partial charge is 0.494 e. The molecule has 2 aromatic rings. The predicted molar refractivity (Wildman–Crippen MR) is 80.2 cm³/mol. The van der Waals surface area contributed by atoms with E-state index in [0.29, 0.717) is 6.61 Å². The van der Waals surface area contributed by atoms with Crippen molar-refractivity contribution in [2.24, 2.45) is 0 Å². The average Bonchev–Trinajstić information content (AvgIpc) is 2.48. The van der Waals surface area contributed by atoms with E-state index < -0.39 is 0 Å². The molecule has 0 aromatic heterocycles. The zero-order valence-corrected chi connectivity index (χ0v) is 12.7. The lowest BCUT2D eigenvalue weighted by atomic mass is 10.00. The van der Waals surface area contributed by atoms with E-state index >= 15 is 0 Å². The van der Waals surface area contributed by atoms with Crippen LogP contribution in [0, 0.1) is 0 Å². The Morgan fingerprint density at radius 3 is 2.75 bits per heavy atom. The molecule has 0 spiro atoms. The van der Waals surface area contributed by atoms with Crippen molar-refractivity contribution in [2.45, 2.75) is 13.0 Å². The number of hydrogen-bond donors (Lipinski definition) is 0. The van der Waals surface area contributed by atoms with Gasteiger partial charge in [0.25, 0.3) is 0 Å². The minimum atomic E-state index is -0.105. The van der Waals surface area contributed by atoms with Crippen molar-refractivity contribution in [3.05, 3.63) is 58.1 Å². The standard InChI is InChI=1S/C16H15BrO3/c1-2-18-13-6-3-11(4-7-13)16-14-9-12(17)5-8-15(14)19-10-20-16/h3-9,16H,2,10H2,1H3. The maximum Gasteiger partial charge on any atom is 0.190 e. The van der Waals surface area contributed by atoms with E-state index in [1.54, 1.807) is 0 Å². The Morgan fingerprint density at radius 2 is 2.00 bits per heavy atom. The van der Waals surface area contributed by atoms with Crippen molar-refractivity contribution in [3.63, 3.8) is 0 Å². The maximum absolute atomic E-state index is 5.76. The summed E-state index contributed by atoms with van der Waals surface area (Å²) in [4.78, 5) is 0. The van der Waals surface area contributed by atoms with Crippen LogP contribution in [0.25, 0.3) is 0 Å². The van der Waals surface area contributed by atoms with E-state index in [9.17, 15) is 0 Å². The molecule has 3 rings (SSSR count). The van der Waals surface area contributed by atoms with Crippen molar-refractivity contribution < 1.29 is 14.2 Å². The first-order valence-electron chi connectivity index (χ1n) is 6.54. The van der Waals surface area contributed by atoms with Crippen molar-refractivity contribution in [2.75, 3.05) is 13.4 Å². The second kappa shape index (κ2) is 5.85. The van der Waals surface area contributed by atoms with Crippen LogP contribution in [-0.4, -0.2) is 13.4 Å². The fourth-order valence-electron chi connectivity index (χ4n) is 2.29. The van der Waals surface area contributed by atoms with Gasteiger partial charge >= 0.3 is 0 Å². The van der Waals surface area contributed by atoms with Crippen molar-refractivity contribution >= 4 is 15.9 Å². The molecule has 2 aromatic carbocycles. The van der Waals surface area contributed by atoms with Gasteiger partial charge in [-0.25, -0.2) is 0 Å². The smallest absolute Gasteiger partial charge is 0.190 e. The summed E-state index contributed by atoms with van der Waals surface area (Å²) in [6.07, 6.45) is -0.105. The van der Waals surface area contributed by atoms with E-state index in [-0.39, 0.29) is 12.9 Å². The number of fused-ring (bicyclic) bond motifs is 1. The molecule has 0 amide bonds. The van der Waals surface area contributed by atoms with Crippen molar-refractivity contribution in [1.82, 2.24) is 0 Å². The van der Waals surface area contributed by atoms with E-state index in [1.165, 1.54) is 0 Å². The molecule has 1 aliphatic rings. The zero-order chi connectivity index (χ0) is 13.9. The lowest BCUT2D eigenvalue weighted by molar-refractivity contribution is -0.0419. The summed E-state index contributed by atoms with van der Waals surface area (Å²) in [5.41, 5.74) is 2.13. The minimum Gasteiger partial charge on any atom is -0.494 e. The van der Waals surface area contributed by atoms with E-state index in [4.69, 9.17) is 14.2 Å². The molecule has 0 radical (unpaired) electrons. The summed E-state index contributed by atoms with van der Waals surface area (Å²) in [6, 6.07) is 14.0. The number of halogens is 1. The van der Waals surface area contributed by atoms with Crippen LogP contribution in [0.1, 0.15) is 24.2 Å². The van der Waals surface area contributed by atoms with Gasteiger partial charge in [-0.2, -0.15) is 0 Å². The molecule has 1 heterocycles. The Bertz CT molecular complexity index is 595. The first-order valence-corrected chi connectivity index (χ1v) is 7.34. The van der Waals surface area contributed by atoms with Crippen LogP contribution in [-0.2, 0) is 4.74 Å². The topological polar surface area (TPSA) is 27.7 Å². The van der Waals surface area contributed by atoms with Gasteiger partial charge in [0.2, 0.25) is 0 Å². The third-order valence-electron chi connectivity index (χ3n) is 3.20. The van der Waals surface area contributed by atoms with Gasteiger partial charge in [0, 0.05) is 10.0 Å². The normalized spacial score (nSPS) is 17.2. The van der Waals surface area contributed by atoms with Gasteiger partial charge < -0.3 is 14.2 Å². The number of rotatable bonds is 3. The lowest BCUT2D eigenvalue weighted by Gasteiger charge is -2.26. The van der Waals surface area contributed by atoms with Gasteiger partial charge in [-0.05, 0) is 42.8 Å². The third kappa shape index (κ3) is 2.67. The molecule has 0 fully saturated rings. The molecule has 0 bridgehead atoms. The lowest BCUT2D eigenvalue weighted by Crippen LogP contribution is -2.18. The average molecular weight is 335 g/mol. The Morgan fingerprint density at radius 1 is 1.20 bits per heavy atom. The summed E-state index contributed by atoms with van der Waals surface area (Å²) in [6.45, 7) is 2.92. The molecule has 3 nitrogen and oxygen atoms in total. The van der Waals surface area contributed by atoms with Crippen LogP contribution < -0.4 is 9.47 Å². The van der Waals surface area contributed by atoms with Crippen LogP contribution in [0.15, 0.2) is 46.9 Å². The minimum absolute atomic E-state index is 0.105. The monoisotopic (exact) mass is 334 g/mol. The van der Waals surface area contributed by atoms with Gasteiger partial charge in [-0.15, -0.1) is 0 Å². The van der Waals surface area contributed by atoms with Crippen molar-refractivity contribution in [1.29, 1.82) is 0 Å². The Balaban J connectivity index is 1.93. The second-order valence-corrected chi connectivity index (χ2v) is 5.41. The molecule has 0 aliphatic carbocycles. The van der Waals surface area contributed by atoms with Crippen LogP contribution in [0.4, 0.5) is 0 Å². The molecule has 1 atom stereocenters. The Hall–Kier alpha value is -1.52. The maximum atomic E-state index is 5.76. The van der Waals surface area contributed by atoms with Crippen LogP contribution in [0.3, 0.4) is 0 Å². The molecule has 104 valence electrons. The highest BCUT2D eigenvalue weighted by Crippen LogP contribution is 2.38. The first-order chi connectivity index (χ1) is 9.78. The van der Waals surface area contributed by atoms with E-state index in [0.717, 1.165) is 27.1 Å². The molecular weight excluding hydrogens is 320 g/mol. The molecule has 1 aliphatic heterocycles. The summed E-state index contributed by atoms with van der Waals surface area (Å²) in [5.74, 6) is 1.75. The molecule has 4 heteroatoms. The van der Waals surface area contributed by atoms with Gasteiger partial charge in [-0.3, -0.25) is 0 Å². The number of hydrogen-bond acceptors (Lipinski definition) is 3. The second-order valence-electron chi connectivity index (χ2n) is 4.49. The summed E-state index contributed by atoms with van der Waals surface area (Å²) >= 11 is 3.49. The summed E-state index contributed by atoms with van der Waals surface area (Å²) in [7, 11) is 0. The number of benzene rings is 2. The van der Waals surface area contributed by atoms with Gasteiger partial charge in [0.05, 0.1) is 6.61 Å². The van der Waals surface area contributed by atoms with Crippen LogP contribution in [0.2, 0.25) is 0 Å². The van der Waals surface area contributed by atoms with Gasteiger partial charge in [-0.1, -0.05) is 28.1 Å². The quantitative estimate of drug-likeness (QED) is 0.837. The molecular formula is C16H15BrO3. The van der Waals surface area contributed by atoms with Crippen LogP contribution >= 0.6 is 15.9 Å². The highest BCUT2D eigenvalue weighted by molar-refractivity contribution is 9.10. The fraction of sp³-hybridized carbons (Fsp3) is 0.250. The summed E-state index contributed by atoms with van der Waals surface area (Å²) in [5, 5.41) is 0. The van der Waals surface area contributed by atoms with E-state index in [2.05, 4.69) is 15.9 Å². The zero-order valence-electron chi connectivity index (χ0n) is 11.1. The first kappa shape index (κ1) is 13.5. The summed E-state index contributed by atoms with van der Waals surface area (Å²) < 4.78 is 17.8. The fourth-order valence-corrected chi connectivity index (χ4v) is 2.67. The van der Waals surface area contributed by atoms with Gasteiger partial charge in [0.1, 0.15) is 17.6 Å². The Kier molecular flexibility index (Phi) is 3.94. The SMILES string of the molecule is CCOc1ccc(C2OCOc3ccc(Br)cc32)cc1. The predicted octanol–water partition coefficient (Wildman–Crippen LogP) is 4.30. The van der Waals surface area contributed by atoms with Crippen LogP contribution in [0.5, 0.6) is 11.5 Å². The highest BCUT2D eigenvalue weighted by Gasteiger charge is 2.24. The highest BCUT2D eigenvalue weighted by atomic mass is 79.9. The molecule has 0 saturated heterocycles. The molecule has 1 unspecified atom stereocenters. The Labute approximate surface area is 126 Å². The van der Waals surface area contributed by atoms with Gasteiger partial charge in [0.15, 0.2) is 6.79 Å². The third-order valence-corrected chi connectivity index (χ3v) is 3.69. The van der Waals surface area contributed by atoms with E-state index in [1.807, 2.05) is 49.4 Å². The number of ether oxygens (including phenoxy) is 3. The molecule has 0 saturated carbocycles. The van der Waals surface area contributed by atoms with Crippen molar-refractivity contribution in [3.8, 4) is 11.5 Å². The molecule has 0 N–H and O–H groups in total. The molecule has 20 heavy (non-hydrogen) atoms.